The van der Waals surface area contributed by atoms with Crippen molar-refractivity contribution in [3.8, 4) is 10.6 Å². The molecule has 0 unspecified atom stereocenters. The third kappa shape index (κ3) is 2.51. The summed E-state index contributed by atoms with van der Waals surface area (Å²) in [5.41, 5.74) is 5.21. The molecular weight excluding hydrogens is 254 g/mol. The van der Waals surface area contributed by atoms with Gasteiger partial charge < -0.3 is 10.2 Å². The molecule has 0 fully saturated rings. The second kappa shape index (κ2) is 5.31. The Morgan fingerprint density at radius 2 is 2.32 bits per heavy atom. The van der Waals surface area contributed by atoms with Crippen LogP contribution in [-0.4, -0.2) is 25.1 Å². The lowest BCUT2D eigenvalue weighted by atomic mass is 10.1. The van der Waals surface area contributed by atoms with Crippen molar-refractivity contribution >= 4 is 17.0 Å². The fourth-order valence-electron chi connectivity index (χ4n) is 2.47. The monoisotopic (exact) mass is 273 g/mol. The molecule has 1 aliphatic heterocycles. The first kappa shape index (κ1) is 12.6. The lowest BCUT2D eigenvalue weighted by Gasteiger charge is -2.11. The van der Waals surface area contributed by atoms with Crippen LogP contribution in [0.3, 0.4) is 0 Å². The molecule has 4 heteroatoms. The third-order valence-electron chi connectivity index (χ3n) is 3.56. The summed E-state index contributed by atoms with van der Waals surface area (Å²) >= 11 is 1.73. The fourth-order valence-corrected chi connectivity index (χ4v) is 3.29. The molecule has 0 amide bonds. The fraction of sp³-hybridized carbons (Fsp3) is 0.400. The molecule has 1 aromatic heterocycles. The number of aromatic nitrogens is 1. The maximum Gasteiger partial charge on any atom is 0.123 e. The Morgan fingerprint density at radius 1 is 1.42 bits per heavy atom. The molecule has 1 aromatic carbocycles. The van der Waals surface area contributed by atoms with Crippen LogP contribution in [-0.2, 0) is 13.0 Å². The molecule has 0 bridgehead atoms. The Balaban J connectivity index is 1.84. The summed E-state index contributed by atoms with van der Waals surface area (Å²) in [5, 5.41) is 6.59. The highest BCUT2D eigenvalue weighted by molar-refractivity contribution is 7.13. The number of rotatable bonds is 4. The zero-order valence-corrected chi connectivity index (χ0v) is 12.3. The van der Waals surface area contributed by atoms with E-state index in [1.54, 1.807) is 11.3 Å². The smallest absolute Gasteiger partial charge is 0.123 e. The highest BCUT2D eigenvalue weighted by Gasteiger charge is 2.16. The zero-order chi connectivity index (χ0) is 13.2. The zero-order valence-electron chi connectivity index (χ0n) is 11.4. The van der Waals surface area contributed by atoms with E-state index < -0.39 is 0 Å². The third-order valence-corrected chi connectivity index (χ3v) is 4.50. The first-order valence-electron chi connectivity index (χ1n) is 6.77. The van der Waals surface area contributed by atoms with Gasteiger partial charge >= 0.3 is 0 Å². The van der Waals surface area contributed by atoms with Crippen molar-refractivity contribution < 1.29 is 0 Å². The van der Waals surface area contributed by atoms with Crippen molar-refractivity contribution in [2.75, 3.05) is 25.0 Å². The van der Waals surface area contributed by atoms with Gasteiger partial charge in [-0.25, -0.2) is 4.98 Å². The molecule has 0 saturated heterocycles. The minimum Gasteiger partial charge on any atom is -0.374 e. The Hall–Kier alpha value is -1.39. The highest BCUT2D eigenvalue weighted by atomic mass is 32.1. The molecule has 0 atom stereocenters. The standard InChI is InChI=1S/C15H19N3S/c1-3-16-9-13-10-19-15(17-13)12-4-5-14-11(8-12)6-7-18(14)2/h4-5,8,10,16H,3,6-7,9H2,1-2H3. The largest absolute Gasteiger partial charge is 0.374 e. The summed E-state index contributed by atoms with van der Waals surface area (Å²) in [5.74, 6) is 0. The average Bonchev–Trinajstić information content (AvgIpc) is 3.04. The summed E-state index contributed by atoms with van der Waals surface area (Å²) in [4.78, 5) is 7.02. The molecule has 1 aliphatic rings. The highest BCUT2D eigenvalue weighted by Crippen LogP contribution is 2.32. The van der Waals surface area contributed by atoms with E-state index in [1.165, 1.54) is 16.8 Å². The van der Waals surface area contributed by atoms with Crippen molar-refractivity contribution in [1.82, 2.24) is 10.3 Å². The molecule has 2 aromatic rings. The lowest BCUT2D eigenvalue weighted by molar-refractivity contribution is 0.715. The molecule has 0 radical (unpaired) electrons. The summed E-state index contributed by atoms with van der Waals surface area (Å²) < 4.78 is 0. The topological polar surface area (TPSA) is 28.2 Å². The summed E-state index contributed by atoms with van der Waals surface area (Å²) in [6, 6.07) is 6.72. The van der Waals surface area contributed by atoms with Crippen molar-refractivity contribution in [1.29, 1.82) is 0 Å². The van der Waals surface area contributed by atoms with Crippen LogP contribution in [0.5, 0.6) is 0 Å². The van der Waals surface area contributed by atoms with E-state index in [0.717, 1.165) is 36.8 Å². The van der Waals surface area contributed by atoms with Gasteiger partial charge in [-0.2, -0.15) is 0 Å². The number of nitrogens with zero attached hydrogens (tertiary/aromatic N) is 2. The number of anilines is 1. The van der Waals surface area contributed by atoms with E-state index in [2.05, 4.69) is 47.8 Å². The van der Waals surface area contributed by atoms with Gasteiger partial charge in [-0.15, -0.1) is 11.3 Å². The summed E-state index contributed by atoms with van der Waals surface area (Å²) in [7, 11) is 2.16. The molecule has 19 heavy (non-hydrogen) atoms. The van der Waals surface area contributed by atoms with E-state index in [9.17, 15) is 0 Å². The van der Waals surface area contributed by atoms with Crippen molar-refractivity contribution in [2.45, 2.75) is 19.9 Å². The van der Waals surface area contributed by atoms with Gasteiger partial charge in [-0.1, -0.05) is 6.92 Å². The van der Waals surface area contributed by atoms with Gasteiger partial charge in [0.05, 0.1) is 5.69 Å². The molecule has 0 aliphatic carbocycles. The molecule has 3 nitrogen and oxygen atoms in total. The van der Waals surface area contributed by atoms with Crippen LogP contribution in [0.4, 0.5) is 5.69 Å². The number of fused-ring (bicyclic) bond motifs is 1. The van der Waals surface area contributed by atoms with Crippen LogP contribution in [0, 0.1) is 0 Å². The first-order chi connectivity index (χ1) is 9.28. The summed E-state index contributed by atoms with van der Waals surface area (Å²) in [6.07, 6.45) is 1.15. The van der Waals surface area contributed by atoms with Gasteiger partial charge in [0.1, 0.15) is 5.01 Å². The van der Waals surface area contributed by atoms with E-state index in [0.29, 0.717) is 0 Å². The molecule has 3 rings (SSSR count). The van der Waals surface area contributed by atoms with E-state index in [-0.39, 0.29) is 0 Å². The minimum absolute atomic E-state index is 0.862. The van der Waals surface area contributed by atoms with Crippen LogP contribution in [0.2, 0.25) is 0 Å². The second-order valence-electron chi connectivity index (χ2n) is 4.94. The van der Waals surface area contributed by atoms with Gasteiger partial charge in [0.2, 0.25) is 0 Å². The second-order valence-corrected chi connectivity index (χ2v) is 5.80. The quantitative estimate of drug-likeness (QED) is 0.928. The van der Waals surface area contributed by atoms with E-state index in [4.69, 9.17) is 4.98 Å². The van der Waals surface area contributed by atoms with Crippen LogP contribution in [0.1, 0.15) is 18.2 Å². The number of likely N-dealkylation sites (N-methyl/N-ethyl adjacent to an activating group) is 1. The van der Waals surface area contributed by atoms with Crippen molar-refractivity contribution in [3.63, 3.8) is 0 Å². The van der Waals surface area contributed by atoms with Crippen LogP contribution in [0.15, 0.2) is 23.6 Å². The van der Waals surface area contributed by atoms with Gasteiger partial charge in [0.15, 0.2) is 0 Å². The number of hydrogen-bond donors (Lipinski definition) is 1. The van der Waals surface area contributed by atoms with Crippen molar-refractivity contribution in [2.24, 2.45) is 0 Å². The number of benzene rings is 1. The maximum absolute atomic E-state index is 4.70. The number of nitrogens with one attached hydrogen (secondary N) is 1. The molecular formula is C15H19N3S. The van der Waals surface area contributed by atoms with Crippen molar-refractivity contribution in [3.05, 3.63) is 34.8 Å². The SMILES string of the molecule is CCNCc1csc(-c2ccc3c(c2)CCN3C)n1. The molecule has 0 saturated carbocycles. The number of thiazole rings is 1. The Bertz CT molecular complexity index is 577. The predicted molar refractivity (Wildman–Crippen MR) is 81.9 cm³/mol. The average molecular weight is 273 g/mol. The normalized spacial score (nSPS) is 13.9. The van der Waals surface area contributed by atoms with Gasteiger partial charge in [0.25, 0.3) is 0 Å². The van der Waals surface area contributed by atoms with Crippen LogP contribution < -0.4 is 10.2 Å². The van der Waals surface area contributed by atoms with Crippen LogP contribution >= 0.6 is 11.3 Å². The summed E-state index contributed by atoms with van der Waals surface area (Å²) in [6.45, 7) is 5.09. The predicted octanol–water partition coefficient (Wildman–Crippen LogP) is 2.91. The first-order valence-corrected chi connectivity index (χ1v) is 7.65. The van der Waals surface area contributed by atoms with E-state index in [1.807, 2.05) is 0 Å². The Morgan fingerprint density at radius 3 is 3.16 bits per heavy atom. The molecule has 100 valence electrons. The van der Waals surface area contributed by atoms with Gasteiger partial charge in [-0.3, -0.25) is 0 Å². The van der Waals surface area contributed by atoms with E-state index >= 15 is 0 Å². The minimum atomic E-state index is 0.862. The molecule has 1 N–H and O–H groups in total. The Kier molecular flexibility index (Phi) is 3.53. The lowest BCUT2D eigenvalue weighted by Crippen LogP contribution is -2.12. The Labute approximate surface area is 118 Å². The molecule has 0 spiro atoms. The molecule has 2 heterocycles. The maximum atomic E-state index is 4.70. The van der Waals surface area contributed by atoms with Crippen LogP contribution in [0.25, 0.3) is 10.6 Å². The van der Waals surface area contributed by atoms with Gasteiger partial charge in [-0.05, 0) is 36.7 Å². The van der Waals surface area contributed by atoms with Gasteiger partial charge in [0, 0.05) is 36.8 Å². The number of hydrogen-bond acceptors (Lipinski definition) is 4.